The van der Waals surface area contributed by atoms with E-state index in [-0.39, 0.29) is 11.3 Å². The van der Waals surface area contributed by atoms with Crippen molar-refractivity contribution in [2.45, 2.75) is 58.0 Å². The van der Waals surface area contributed by atoms with E-state index in [1.54, 1.807) is 12.1 Å². The molecule has 1 aliphatic carbocycles. The zero-order chi connectivity index (χ0) is 16.9. The fraction of sp³-hybridized carbons (Fsp3) is 0.526. The van der Waals surface area contributed by atoms with Crippen LogP contribution < -0.4 is 4.74 Å². The lowest BCUT2D eigenvalue weighted by Gasteiger charge is -2.32. The van der Waals surface area contributed by atoms with Crippen LogP contribution in [0.4, 0.5) is 0 Å². The largest absolute Gasteiger partial charge is 0.507 e. The second kappa shape index (κ2) is 7.64. The zero-order valence-electron chi connectivity index (χ0n) is 14.0. The number of aldehydes is 1. The molecule has 0 saturated carbocycles. The van der Waals surface area contributed by atoms with Crippen LogP contribution in [0.3, 0.4) is 0 Å². The lowest BCUT2D eigenvalue weighted by molar-refractivity contribution is 0.0800. The summed E-state index contributed by atoms with van der Waals surface area (Å²) in [6.45, 7) is 4.29. The standard InChI is InChI=1S/C19H26O4/c1-3-11-19(2,22)16-8-5-4-7-14(16)13-23-18-10-6-9-17(21)15(18)12-20/h6,9-10,12,21-22H,3-5,7-8,11,13H2,1-2H3. The summed E-state index contributed by atoms with van der Waals surface area (Å²) in [5.74, 6) is 0.306. The summed E-state index contributed by atoms with van der Waals surface area (Å²) in [7, 11) is 0. The predicted octanol–water partition coefficient (Wildman–Crippen LogP) is 4.01. The molecule has 0 radical (unpaired) electrons. The van der Waals surface area contributed by atoms with Crippen molar-refractivity contribution in [3.05, 3.63) is 34.9 Å². The van der Waals surface area contributed by atoms with E-state index >= 15 is 0 Å². The van der Waals surface area contributed by atoms with E-state index in [4.69, 9.17) is 4.74 Å². The Morgan fingerprint density at radius 1 is 1.30 bits per heavy atom. The van der Waals surface area contributed by atoms with Crippen LogP contribution in [0, 0.1) is 0 Å². The number of rotatable bonds is 7. The molecule has 0 heterocycles. The number of benzene rings is 1. The van der Waals surface area contributed by atoms with Crippen molar-refractivity contribution < 1.29 is 19.7 Å². The number of carbonyl (C=O) groups excluding carboxylic acids is 1. The lowest BCUT2D eigenvalue weighted by atomic mass is 9.80. The minimum atomic E-state index is -0.791. The molecular weight excluding hydrogens is 292 g/mol. The highest BCUT2D eigenvalue weighted by atomic mass is 16.5. The summed E-state index contributed by atoms with van der Waals surface area (Å²) >= 11 is 0. The van der Waals surface area contributed by atoms with Crippen LogP contribution in [0.25, 0.3) is 0 Å². The summed E-state index contributed by atoms with van der Waals surface area (Å²) in [6.07, 6.45) is 6.24. The predicted molar refractivity (Wildman–Crippen MR) is 90.0 cm³/mol. The first-order valence-corrected chi connectivity index (χ1v) is 8.33. The number of ether oxygens (including phenoxy) is 1. The third-order valence-corrected chi connectivity index (χ3v) is 4.53. The first kappa shape index (κ1) is 17.5. The van der Waals surface area contributed by atoms with E-state index in [0.29, 0.717) is 18.6 Å². The van der Waals surface area contributed by atoms with Gasteiger partial charge in [0.05, 0.1) is 11.2 Å². The number of hydrogen-bond acceptors (Lipinski definition) is 4. The molecule has 0 spiro atoms. The van der Waals surface area contributed by atoms with Crippen LogP contribution in [0.15, 0.2) is 29.3 Å². The van der Waals surface area contributed by atoms with E-state index in [1.165, 1.54) is 6.07 Å². The Balaban J connectivity index is 2.21. The van der Waals surface area contributed by atoms with Crippen LogP contribution in [-0.4, -0.2) is 28.7 Å². The first-order valence-electron chi connectivity index (χ1n) is 8.33. The number of phenolic OH excluding ortho intramolecular Hbond substituents is 1. The molecule has 1 aliphatic rings. The zero-order valence-corrected chi connectivity index (χ0v) is 14.0. The summed E-state index contributed by atoms with van der Waals surface area (Å²) in [5, 5.41) is 20.5. The van der Waals surface area contributed by atoms with Gasteiger partial charge in [-0.2, -0.15) is 0 Å². The van der Waals surface area contributed by atoms with Crippen molar-refractivity contribution >= 4 is 6.29 Å². The van der Waals surface area contributed by atoms with Gasteiger partial charge < -0.3 is 14.9 Å². The number of hydrogen-bond donors (Lipinski definition) is 2. The SMILES string of the molecule is CCCC(C)(O)C1=C(COc2cccc(O)c2C=O)CCCC1. The van der Waals surface area contributed by atoms with E-state index in [1.807, 2.05) is 6.92 Å². The maximum absolute atomic E-state index is 11.1. The topological polar surface area (TPSA) is 66.8 Å². The average molecular weight is 318 g/mol. The van der Waals surface area contributed by atoms with Crippen LogP contribution in [-0.2, 0) is 0 Å². The molecule has 4 nitrogen and oxygen atoms in total. The fourth-order valence-electron chi connectivity index (χ4n) is 3.36. The molecule has 0 fully saturated rings. The van der Waals surface area contributed by atoms with Gasteiger partial charge in [-0.05, 0) is 62.3 Å². The normalized spacial score (nSPS) is 17.7. The van der Waals surface area contributed by atoms with Crippen molar-refractivity contribution in [1.29, 1.82) is 0 Å². The van der Waals surface area contributed by atoms with Gasteiger partial charge in [-0.15, -0.1) is 0 Å². The Kier molecular flexibility index (Phi) is 5.83. The third kappa shape index (κ3) is 4.14. The van der Waals surface area contributed by atoms with E-state index in [9.17, 15) is 15.0 Å². The number of aliphatic hydroxyl groups is 1. The van der Waals surface area contributed by atoms with E-state index in [0.717, 1.165) is 49.7 Å². The average Bonchev–Trinajstić information content (AvgIpc) is 2.53. The van der Waals surface area contributed by atoms with Crippen LogP contribution in [0.2, 0.25) is 0 Å². The van der Waals surface area contributed by atoms with Gasteiger partial charge in [-0.1, -0.05) is 19.4 Å². The Labute approximate surface area is 137 Å². The summed E-state index contributed by atoms with van der Waals surface area (Å²) in [6, 6.07) is 4.80. The third-order valence-electron chi connectivity index (χ3n) is 4.53. The van der Waals surface area contributed by atoms with Gasteiger partial charge in [-0.3, -0.25) is 4.79 Å². The molecule has 1 atom stereocenters. The highest BCUT2D eigenvalue weighted by molar-refractivity contribution is 5.83. The Morgan fingerprint density at radius 2 is 2.04 bits per heavy atom. The highest BCUT2D eigenvalue weighted by Gasteiger charge is 2.29. The molecule has 2 N–H and O–H groups in total. The molecule has 0 amide bonds. The quantitative estimate of drug-likeness (QED) is 0.589. The highest BCUT2D eigenvalue weighted by Crippen LogP contribution is 2.35. The molecule has 1 aromatic carbocycles. The van der Waals surface area contributed by atoms with Crippen LogP contribution in [0.5, 0.6) is 11.5 Å². The van der Waals surface area contributed by atoms with Crippen molar-refractivity contribution in [2.24, 2.45) is 0 Å². The second-order valence-electron chi connectivity index (χ2n) is 6.41. The molecule has 4 heteroatoms. The Bertz CT molecular complexity index is 587. The molecule has 0 saturated heterocycles. The molecule has 1 unspecified atom stereocenters. The Hall–Kier alpha value is -1.81. The number of phenols is 1. The van der Waals surface area contributed by atoms with Crippen molar-refractivity contribution in [2.75, 3.05) is 6.61 Å². The van der Waals surface area contributed by atoms with Gasteiger partial charge in [0.15, 0.2) is 6.29 Å². The fourth-order valence-corrected chi connectivity index (χ4v) is 3.36. The van der Waals surface area contributed by atoms with Gasteiger partial charge in [0.25, 0.3) is 0 Å². The van der Waals surface area contributed by atoms with Gasteiger partial charge >= 0.3 is 0 Å². The lowest BCUT2D eigenvalue weighted by Crippen LogP contribution is -2.30. The first-order chi connectivity index (χ1) is 11.0. The van der Waals surface area contributed by atoms with Crippen molar-refractivity contribution in [3.63, 3.8) is 0 Å². The summed E-state index contributed by atoms with van der Waals surface area (Å²) in [5.41, 5.74) is 1.58. The molecule has 1 aromatic rings. The molecule has 2 rings (SSSR count). The molecular formula is C19H26O4. The van der Waals surface area contributed by atoms with Gasteiger partial charge in [0, 0.05) is 0 Å². The van der Waals surface area contributed by atoms with Gasteiger partial charge in [-0.25, -0.2) is 0 Å². The van der Waals surface area contributed by atoms with E-state index in [2.05, 4.69) is 6.92 Å². The maximum atomic E-state index is 11.1. The summed E-state index contributed by atoms with van der Waals surface area (Å²) < 4.78 is 5.79. The van der Waals surface area contributed by atoms with Crippen molar-refractivity contribution in [3.8, 4) is 11.5 Å². The molecule has 0 aromatic heterocycles. The molecule has 0 aliphatic heterocycles. The van der Waals surface area contributed by atoms with Crippen molar-refractivity contribution in [1.82, 2.24) is 0 Å². The minimum absolute atomic E-state index is 0.0756. The number of carbonyl (C=O) groups is 1. The monoisotopic (exact) mass is 318 g/mol. The molecule has 0 bridgehead atoms. The molecule has 126 valence electrons. The second-order valence-corrected chi connectivity index (χ2v) is 6.41. The van der Waals surface area contributed by atoms with Crippen LogP contribution in [0.1, 0.15) is 62.7 Å². The van der Waals surface area contributed by atoms with Gasteiger partial charge in [0.2, 0.25) is 0 Å². The smallest absolute Gasteiger partial charge is 0.157 e. The number of aromatic hydroxyl groups is 1. The minimum Gasteiger partial charge on any atom is -0.507 e. The summed E-state index contributed by atoms with van der Waals surface area (Å²) in [4.78, 5) is 11.1. The van der Waals surface area contributed by atoms with Crippen LogP contribution >= 0.6 is 0 Å². The van der Waals surface area contributed by atoms with E-state index < -0.39 is 5.60 Å². The maximum Gasteiger partial charge on any atom is 0.157 e. The van der Waals surface area contributed by atoms with Gasteiger partial charge in [0.1, 0.15) is 18.1 Å². The Morgan fingerprint density at radius 3 is 2.74 bits per heavy atom. The molecule has 23 heavy (non-hydrogen) atoms.